The highest BCUT2D eigenvalue weighted by atomic mass is 79.9. The molecule has 0 aliphatic carbocycles. The van der Waals surface area contributed by atoms with Crippen molar-refractivity contribution in [2.45, 2.75) is 20.0 Å². The van der Waals surface area contributed by atoms with Gasteiger partial charge in [0, 0.05) is 15.8 Å². The molecule has 0 fully saturated rings. The van der Waals surface area contributed by atoms with E-state index in [0.29, 0.717) is 17.1 Å². The highest BCUT2D eigenvalue weighted by molar-refractivity contribution is 9.10. The molecular weight excluding hydrogens is 332 g/mol. The van der Waals surface area contributed by atoms with Gasteiger partial charge in [0.05, 0.1) is 0 Å². The predicted octanol–water partition coefficient (Wildman–Crippen LogP) is 3.75. The molecule has 0 heterocycles. The van der Waals surface area contributed by atoms with Crippen molar-refractivity contribution in [3.63, 3.8) is 0 Å². The minimum Gasteiger partial charge on any atom is -0.481 e. The molecule has 0 aliphatic rings. The number of anilines is 2. The SMILES string of the molecule is Cc1cc(OC(C)C(=O)Nc2cccc(N)c2)ccc1Br. The molecule has 5 heteroatoms. The number of nitrogens with one attached hydrogen (secondary N) is 1. The molecule has 110 valence electrons. The predicted molar refractivity (Wildman–Crippen MR) is 88.5 cm³/mol. The first-order chi connectivity index (χ1) is 9.95. The normalized spacial score (nSPS) is 11.8. The van der Waals surface area contributed by atoms with Crippen LogP contribution in [0.2, 0.25) is 0 Å². The highest BCUT2D eigenvalue weighted by Crippen LogP contribution is 2.22. The van der Waals surface area contributed by atoms with Crippen LogP contribution in [0.25, 0.3) is 0 Å². The molecule has 2 rings (SSSR count). The van der Waals surface area contributed by atoms with Crippen LogP contribution in [0.1, 0.15) is 12.5 Å². The minimum absolute atomic E-state index is 0.221. The maximum atomic E-state index is 12.1. The van der Waals surface area contributed by atoms with Gasteiger partial charge in [-0.15, -0.1) is 0 Å². The zero-order valence-electron chi connectivity index (χ0n) is 11.9. The number of ether oxygens (including phenoxy) is 1. The molecule has 3 N–H and O–H groups in total. The summed E-state index contributed by atoms with van der Waals surface area (Å²) in [7, 11) is 0. The van der Waals surface area contributed by atoms with Gasteiger partial charge in [-0.25, -0.2) is 0 Å². The molecule has 1 atom stereocenters. The number of carbonyl (C=O) groups excluding carboxylic acids is 1. The van der Waals surface area contributed by atoms with E-state index >= 15 is 0 Å². The number of hydrogen-bond acceptors (Lipinski definition) is 3. The van der Waals surface area contributed by atoms with Crippen molar-refractivity contribution in [2.24, 2.45) is 0 Å². The first-order valence-corrected chi connectivity index (χ1v) is 7.34. The van der Waals surface area contributed by atoms with E-state index in [-0.39, 0.29) is 5.91 Å². The Balaban J connectivity index is 2.00. The number of aryl methyl sites for hydroxylation is 1. The summed E-state index contributed by atoms with van der Waals surface area (Å²) in [5.41, 5.74) is 7.99. The summed E-state index contributed by atoms with van der Waals surface area (Å²) in [6.45, 7) is 3.67. The molecule has 1 amide bonds. The lowest BCUT2D eigenvalue weighted by Gasteiger charge is -2.15. The summed E-state index contributed by atoms with van der Waals surface area (Å²) in [6.07, 6.45) is -0.605. The number of nitrogens with two attached hydrogens (primary N) is 1. The lowest BCUT2D eigenvalue weighted by atomic mass is 10.2. The van der Waals surface area contributed by atoms with Gasteiger partial charge in [-0.2, -0.15) is 0 Å². The van der Waals surface area contributed by atoms with Crippen LogP contribution in [0, 0.1) is 6.92 Å². The molecule has 21 heavy (non-hydrogen) atoms. The second-order valence-corrected chi connectivity index (χ2v) is 5.64. The van der Waals surface area contributed by atoms with Gasteiger partial charge in [-0.3, -0.25) is 4.79 Å². The van der Waals surface area contributed by atoms with E-state index in [9.17, 15) is 4.79 Å². The Morgan fingerprint density at radius 1 is 1.29 bits per heavy atom. The molecule has 0 saturated carbocycles. The van der Waals surface area contributed by atoms with Crippen LogP contribution in [-0.2, 0) is 4.79 Å². The third kappa shape index (κ3) is 4.23. The molecule has 2 aromatic rings. The van der Waals surface area contributed by atoms with Gasteiger partial charge >= 0.3 is 0 Å². The van der Waals surface area contributed by atoms with Gasteiger partial charge in [0.1, 0.15) is 5.75 Å². The van der Waals surface area contributed by atoms with E-state index in [1.165, 1.54) is 0 Å². The second-order valence-electron chi connectivity index (χ2n) is 4.79. The Morgan fingerprint density at radius 2 is 2.05 bits per heavy atom. The van der Waals surface area contributed by atoms with E-state index < -0.39 is 6.10 Å². The summed E-state index contributed by atoms with van der Waals surface area (Å²) in [5.74, 6) is 0.437. The number of hydrogen-bond donors (Lipinski definition) is 2. The van der Waals surface area contributed by atoms with Crippen molar-refractivity contribution in [3.8, 4) is 5.75 Å². The first kappa shape index (κ1) is 15.4. The van der Waals surface area contributed by atoms with Crippen molar-refractivity contribution in [2.75, 3.05) is 11.1 Å². The topological polar surface area (TPSA) is 64.3 Å². The van der Waals surface area contributed by atoms with Crippen molar-refractivity contribution in [1.82, 2.24) is 0 Å². The Hall–Kier alpha value is -2.01. The lowest BCUT2D eigenvalue weighted by molar-refractivity contribution is -0.122. The number of carbonyl (C=O) groups is 1. The Kier molecular flexibility index (Phi) is 4.85. The fraction of sp³-hybridized carbons (Fsp3) is 0.188. The zero-order valence-corrected chi connectivity index (χ0v) is 13.5. The van der Waals surface area contributed by atoms with Gasteiger partial charge in [-0.1, -0.05) is 22.0 Å². The zero-order chi connectivity index (χ0) is 15.4. The van der Waals surface area contributed by atoms with E-state index in [1.54, 1.807) is 31.2 Å². The maximum absolute atomic E-state index is 12.1. The molecule has 0 bridgehead atoms. The Bertz CT molecular complexity index is 658. The highest BCUT2D eigenvalue weighted by Gasteiger charge is 2.15. The molecule has 0 radical (unpaired) electrons. The number of halogens is 1. The quantitative estimate of drug-likeness (QED) is 0.827. The monoisotopic (exact) mass is 348 g/mol. The van der Waals surface area contributed by atoms with Crippen molar-refractivity contribution < 1.29 is 9.53 Å². The fourth-order valence-corrected chi connectivity index (χ4v) is 2.06. The van der Waals surface area contributed by atoms with Crippen molar-refractivity contribution in [1.29, 1.82) is 0 Å². The fourth-order valence-electron chi connectivity index (χ4n) is 1.81. The third-order valence-corrected chi connectivity index (χ3v) is 3.86. The average molecular weight is 349 g/mol. The smallest absolute Gasteiger partial charge is 0.265 e. The number of nitrogen functional groups attached to an aromatic ring is 1. The maximum Gasteiger partial charge on any atom is 0.265 e. The number of rotatable bonds is 4. The van der Waals surface area contributed by atoms with Crippen LogP contribution in [0.4, 0.5) is 11.4 Å². The number of amides is 1. The summed E-state index contributed by atoms with van der Waals surface area (Å²) < 4.78 is 6.66. The second kappa shape index (κ2) is 6.63. The van der Waals surface area contributed by atoms with E-state index in [2.05, 4.69) is 21.2 Å². The molecular formula is C16H17BrN2O2. The molecule has 2 aromatic carbocycles. The Labute approximate surface area is 132 Å². The van der Waals surface area contributed by atoms with Crippen LogP contribution < -0.4 is 15.8 Å². The van der Waals surface area contributed by atoms with E-state index in [4.69, 9.17) is 10.5 Å². The summed E-state index contributed by atoms with van der Waals surface area (Å²) in [5, 5.41) is 2.78. The van der Waals surface area contributed by atoms with Crippen LogP contribution in [0.15, 0.2) is 46.9 Å². The van der Waals surface area contributed by atoms with Gasteiger partial charge in [0.25, 0.3) is 5.91 Å². The molecule has 1 unspecified atom stereocenters. The molecule has 4 nitrogen and oxygen atoms in total. The van der Waals surface area contributed by atoms with Crippen molar-refractivity contribution >= 4 is 33.2 Å². The van der Waals surface area contributed by atoms with Crippen LogP contribution in [-0.4, -0.2) is 12.0 Å². The van der Waals surface area contributed by atoms with E-state index in [1.807, 2.05) is 25.1 Å². The van der Waals surface area contributed by atoms with Gasteiger partial charge < -0.3 is 15.8 Å². The lowest BCUT2D eigenvalue weighted by Crippen LogP contribution is -2.30. The molecule has 0 aromatic heterocycles. The number of benzene rings is 2. The third-order valence-electron chi connectivity index (χ3n) is 2.97. The van der Waals surface area contributed by atoms with Crippen LogP contribution in [0.3, 0.4) is 0 Å². The van der Waals surface area contributed by atoms with Crippen LogP contribution in [0.5, 0.6) is 5.75 Å². The molecule has 0 aliphatic heterocycles. The average Bonchev–Trinajstić information content (AvgIpc) is 2.43. The molecule has 0 saturated heterocycles. The van der Waals surface area contributed by atoms with E-state index in [0.717, 1.165) is 10.0 Å². The first-order valence-electron chi connectivity index (χ1n) is 6.55. The van der Waals surface area contributed by atoms with Gasteiger partial charge in [0.2, 0.25) is 0 Å². The van der Waals surface area contributed by atoms with Gasteiger partial charge in [0.15, 0.2) is 6.10 Å². The minimum atomic E-state index is -0.605. The largest absolute Gasteiger partial charge is 0.481 e. The van der Waals surface area contributed by atoms with Crippen LogP contribution >= 0.6 is 15.9 Å². The van der Waals surface area contributed by atoms with Crippen molar-refractivity contribution in [3.05, 3.63) is 52.5 Å². The summed E-state index contributed by atoms with van der Waals surface area (Å²) in [4.78, 5) is 12.1. The molecule has 0 spiro atoms. The van der Waals surface area contributed by atoms with Gasteiger partial charge in [-0.05, 0) is 55.8 Å². The summed E-state index contributed by atoms with van der Waals surface area (Å²) >= 11 is 3.43. The summed E-state index contributed by atoms with van der Waals surface area (Å²) in [6, 6.07) is 12.6. The standard InChI is InChI=1S/C16H17BrN2O2/c1-10-8-14(6-7-15(10)17)21-11(2)16(20)19-13-5-3-4-12(18)9-13/h3-9,11H,18H2,1-2H3,(H,19,20). The Morgan fingerprint density at radius 3 is 2.71 bits per heavy atom.